The number of fused-ring (bicyclic) bond motifs is 1. The molecular weight excluding hydrogens is 394 g/mol. The summed E-state index contributed by atoms with van der Waals surface area (Å²) in [6, 6.07) is 23.9. The molecule has 1 unspecified atom stereocenters. The van der Waals surface area contributed by atoms with Crippen LogP contribution in [0.15, 0.2) is 79.1 Å². The van der Waals surface area contributed by atoms with Crippen molar-refractivity contribution in [2.75, 3.05) is 23.3 Å². The van der Waals surface area contributed by atoms with E-state index in [1.807, 2.05) is 25.4 Å². The standard InChI is InChI=1S/C27H29N5/c1-20-17-23(12-15-29-20)31-22-10-8-21(9-11-22)19-32(24-5-4-14-28-18-24)27-13-16-30-26-7-3-2-6-25(26)27/h2-3,6-13,15-17,24,28H,4-5,14,18-19H2,1H3,(H,29,31). The summed E-state index contributed by atoms with van der Waals surface area (Å²) in [4.78, 5) is 11.4. The number of nitrogens with zero attached hydrogens (tertiary/aromatic N) is 3. The first-order valence-electron chi connectivity index (χ1n) is 11.4. The van der Waals surface area contributed by atoms with Gasteiger partial charge < -0.3 is 15.5 Å². The molecule has 1 saturated heterocycles. The maximum Gasteiger partial charge on any atom is 0.0722 e. The molecule has 1 fully saturated rings. The summed E-state index contributed by atoms with van der Waals surface area (Å²) < 4.78 is 0. The molecule has 5 nitrogen and oxygen atoms in total. The number of benzene rings is 2. The van der Waals surface area contributed by atoms with Crippen molar-refractivity contribution >= 4 is 28.0 Å². The number of hydrogen-bond donors (Lipinski definition) is 2. The van der Waals surface area contributed by atoms with Gasteiger partial charge in [0, 0.05) is 59.7 Å². The molecule has 1 atom stereocenters. The molecule has 0 spiro atoms. The SMILES string of the molecule is Cc1cc(Nc2ccc(CN(c3ccnc4ccccc34)C3CCCNC3)cc2)ccn1. The van der Waals surface area contributed by atoms with Gasteiger partial charge in [-0.3, -0.25) is 9.97 Å². The van der Waals surface area contributed by atoms with Crippen LogP contribution < -0.4 is 15.5 Å². The van der Waals surface area contributed by atoms with Crippen molar-refractivity contribution in [3.05, 3.63) is 90.4 Å². The van der Waals surface area contributed by atoms with Gasteiger partial charge in [0.25, 0.3) is 0 Å². The Morgan fingerprint density at radius 3 is 2.62 bits per heavy atom. The summed E-state index contributed by atoms with van der Waals surface area (Å²) in [5.74, 6) is 0. The van der Waals surface area contributed by atoms with Crippen LogP contribution in [-0.2, 0) is 6.54 Å². The van der Waals surface area contributed by atoms with Crippen molar-refractivity contribution in [1.29, 1.82) is 0 Å². The number of aromatic nitrogens is 2. The summed E-state index contributed by atoms with van der Waals surface area (Å²) in [6.45, 7) is 4.99. The third-order valence-corrected chi connectivity index (χ3v) is 6.14. The second-order valence-corrected chi connectivity index (χ2v) is 8.48. The van der Waals surface area contributed by atoms with Gasteiger partial charge in [0.15, 0.2) is 0 Å². The number of aryl methyl sites for hydroxylation is 1. The Hall–Kier alpha value is -3.44. The highest BCUT2D eigenvalue weighted by Gasteiger charge is 2.23. The average molecular weight is 424 g/mol. The fourth-order valence-electron chi connectivity index (χ4n) is 4.52. The number of rotatable bonds is 6. The number of pyridine rings is 2. The van der Waals surface area contributed by atoms with Crippen molar-refractivity contribution in [2.45, 2.75) is 32.4 Å². The van der Waals surface area contributed by atoms with Gasteiger partial charge in [0.05, 0.1) is 5.52 Å². The predicted octanol–water partition coefficient (Wildman–Crippen LogP) is 5.44. The van der Waals surface area contributed by atoms with E-state index in [0.29, 0.717) is 6.04 Å². The molecular formula is C27H29N5. The van der Waals surface area contributed by atoms with Crippen molar-refractivity contribution in [2.24, 2.45) is 0 Å². The summed E-state index contributed by atoms with van der Waals surface area (Å²) in [6.07, 6.45) is 6.18. The van der Waals surface area contributed by atoms with Gasteiger partial charge in [-0.25, -0.2) is 0 Å². The Morgan fingerprint density at radius 2 is 1.81 bits per heavy atom. The van der Waals surface area contributed by atoms with Crippen LogP contribution in [0, 0.1) is 6.92 Å². The highest BCUT2D eigenvalue weighted by atomic mass is 15.2. The van der Waals surface area contributed by atoms with Crippen molar-refractivity contribution in [1.82, 2.24) is 15.3 Å². The molecule has 4 aromatic rings. The lowest BCUT2D eigenvalue weighted by Crippen LogP contribution is -2.46. The van der Waals surface area contributed by atoms with Gasteiger partial charge in [0.2, 0.25) is 0 Å². The number of hydrogen-bond acceptors (Lipinski definition) is 5. The number of piperidine rings is 1. The maximum absolute atomic E-state index is 4.58. The van der Waals surface area contributed by atoms with Gasteiger partial charge in [-0.2, -0.15) is 0 Å². The van der Waals surface area contributed by atoms with Crippen LogP contribution in [0.4, 0.5) is 17.1 Å². The minimum atomic E-state index is 0.465. The molecule has 3 heterocycles. The van der Waals surface area contributed by atoms with E-state index in [0.717, 1.165) is 42.2 Å². The number of para-hydroxylation sites is 1. The minimum absolute atomic E-state index is 0.465. The van der Waals surface area contributed by atoms with Gasteiger partial charge in [0.1, 0.15) is 0 Å². The molecule has 1 aliphatic heterocycles. The van der Waals surface area contributed by atoms with Crippen LogP contribution in [-0.4, -0.2) is 29.1 Å². The van der Waals surface area contributed by atoms with E-state index in [1.165, 1.54) is 29.5 Å². The van der Waals surface area contributed by atoms with E-state index in [1.54, 1.807) is 0 Å². The molecule has 1 aliphatic rings. The monoisotopic (exact) mass is 423 g/mol. The second-order valence-electron chi connectivity index (χ2n) is 8.48. The number of anilines is 3. The Morgan fingerprint density at radius 1 is 0.969 bits per heavy atom. The van der Waals surface area contributed by atoms with Gasteiger partial charge in [-0.15, -0.1) is 0 Å². The predicted molar refractivity (Wildman–Crippen MR) is 133 cm³/mol. The van der Waals surface area contributed by atoms with E-state index in [-0.39, 0.29) is 0 Å². The highest BCUT2D eigenvalue weighted by Crippen LogP contribution is 2.30. The lowest BCUT2D eigenvalue weighted by Gasteiger charge is -2.37. The molecule has 0 radical (unpaired) electrons. The number of nitrogens with one attached hydrogen (secondary N) is 2. The first-order chi connectivity index (χ1) is 15.8. The summed E-state index contributed by atoms with van der Waals surface area (Å²) in [5.41, 5.74) is 6.76. The van der Waals surface area contributed by atoms with Gasteiger partial charge in [-0.05, 0) is 68.3 Å². The zero-order chi connectivity index (χ0) is 21.8. The largest absolute Gasteiger partial charge is 0.362 e. The summed E-state index contributed by atoms with van der Waals surface area (Å²) in [7, 11) is 0. The molecule has 2 N–H and O–H groups in total. The Labute approximate surface area is 189 Å². The molecule has 162 valence electrons. The normalized spacial score (nSPS) is 16.1. The molecule has 32 heavy (non-hydrogen) atoms. The molecule has 5 rings (SSSR count). The zero-order valence-corrected chi connectivity index (χ0v) is 18.5. The first-order valence-corrected chi connectivity index (χ1v) is 11.4. The topological polar surface area (TPSA) is 53.1 Å². The fraction of sp³-hybridized carbons (Fsp3) is 0.259. The van der Waals surface area contributed by atoms with E-state index in [2.05, 4.69) is 86.2 Å². The van der Waals surface area contributed by atoms with Crippen molar-refractivity contribution in [3.8, 4) is 0 Å². The van der Waals surface area contributed by atoms with Gasteiger partial charge >= 0.3 is 0 Å². The van der Waals surface area contributed by atoms with E-state index < -0.39 is 0 Å². The Balaban J connectivity index is 1.41. The van der Waals surface area contributed by atoms with E-state index in [4.69, 9.17) is 0 Å². The molecule has 0 saturated carbocycles. The molecule has 0 aliphatic carbocycles. The fourth-order valence-corrected chi connectivity index (χ4v) is 4.52. The quantitative estimate of drug-likeness (QED) is 0.432. The lowest BCUT2D eigenvalue weighted by atomic mass is 10.0. The highest BCUT2D eigenvalue weighted by molar-refractivity contribution is 5.91. The summed E-state index contributed by atoms with van der Waals surface area (Å²) >= 11 is 0. The van der Waals surface area contributed by atoms with Crippen molar-refractivity contribution in [3.63, 3.8) is 0 Å². The van der Waals surface area contributed by atoms with Crippen LogP contribution in [0.5, 0.6) is 0 Å². The smallest absolute Gasteiger partial charge is 0.0722 e. The van der Waals surface area contributed by atoms with Crippen LogP contribution in [0.3, 0.4) is 0 Å². The molecule has 0 bridgehead atoms. The molecule has 2 aromatic heterocycles. The van der Waals surface area contributed by atoms with Crippen LogP contribution in [0.25, 0.3) is 10.9 Å². The Kier molecular flexibility index (Phi) is 5.99. The van der Waals surface area contributed by atoms with Crippen LogP contribution in [0.2, 0.25) is 0 Å². The zero-order valence-electron chi connectivity index (χ0n) is 18.5. The first kappa shape index (κ1) is 20.5. The minimum Gasteiger partial charge on any atom is -0.362 e. The third-order valence-electron chi connectivity index (χ3n) is 6.14. The van der Waals surface area contributed by atoms with Crippen LogP contribution >= 0.6 is 0 Å². The van der Waals surface area contributed by atoms with Crippen molar-refractivity contribution < 1.29 is 0 Å². The average Bonchev–Trinajstić information content (AvgIpc) is 2.84. The van der Waals surface area contributed by atoms with Gasteiger partial charge in [-0.1, -0.05) is 30.3 Å². The second kappa shape index (κ2) is 9.37. The lowest BCUT2D eigenvalue weighted by molar-refractivity contribution is 0.430. The summed E-state index contributed by atoms with van der Waals surface area (Å²) in [5, 5.41) is 8.27. The van der Waals surface area contributed by atoms with E-state index >= 15 is 0 Å². The molecule has 2 aromatic carbocycles. The molecule has 0 amide bonds. The van der Waals surface area contributed by atoms with E-state index in [9.17, 15) is 0 Å². The van der Waals surface area contributed by atoms with Crippen LogP contribution in [0.1, 0.15) is 24.1 Å². The Bertz CT molecular complexity index is 1180. The molecule has 5 heteroatoms. The third kappa shape index (κ3) is 4.58. The maximum atomic E-state index is 4.58.